The van der Waals surface area contributed by atoms with Crippen molar-refractivity contribution in [2.75, 3.05) is 13.2 Å². The van der Waals surface area contributed by atoms with Gasteiger partial charge in [-0.05, 0) is 37.1 Å². The lowest BCUT2D eigenvalue weighted by Gasteiger charge is -2.32. The Morgan fingerprint density at radius 3 is 2.50 bits per heavy atom. The molecule has 2 heterocycles. The van der Waals surface area contributed by atoms with Crippen molar-refractivity contribution >= 4 is 21.4 Å². The number of nitrogens with zero attached hydrogens (tertiary/aromatic N) is 3. The van der Waals surface area contributed by atoms with Gasteiger partial charge in [0, 0.05) is 18.8 Å². The molecule has 2 aromatic rings. The van der Waals surface area contributed by atoms with Crippen LogP contribution >= 0.6 is 11.3 Å². The van der Waals surface area contributed by atoms with Gasteiger partial charge >= 0.3 is 0 Å². The van der Waals surface area contributed by atoms with Crippen LogP contribution in [0.2, 0.25) is 0 Å². The summed E-state index contributed by atoms with van der Waals surface area (Å²) < 4.78 is 30.9. The van der Waals surface area contributed by atoms with Crippen LogP contribution in [0.1, 0.15) is 63.8 Å². The molecule has 0 atom stereocenters. The van der Waals surface area contributed by atoms with Crippen molar-refractivity contribution in [3.8, 4) is 10.6 Å². The molecule has 0 aliphatic heterocycles. The molecule has 154 valence electrons. The first-order chi connectivity index (χ1) is 13.6. The highest BCUT2D eigenvalue weighted by Gasteiger charge is 2.36. The second-order valence-corrected chi connectivity index (χ2v) is 10.7. The second-order valence-electron chi connectivity index (χ2n) is 7.87. The van der Waals surface area contributed by atoms with Crippen molar-refractivity contribution in [3.63, 3.8) is 0 Å². The molecule has 0 amide bonds. The van der Waals surface area contributed by atoms with E-state index < -0.39 is 10.0 Å². The van der Waals surface area contributed by atoms with Gasteiger partial charge in [-0.1, -0.05) is 38.2 Å². The van der Waals surface area contributed by atoms with Crippen LogP contribution in [0.3, 0.4) is 0 Å². The number of aliphatic hydroxyl groups is 1. The van der Waals surface area contributed by atoms with Crippen molar-refractivity contribution in [2.24, 2.45) is 0 Å². The Hall–Kier alpha value is -1.22. The topological polar surface area (TPSA) is 75.4 Å². The minimum Gasteiger partial charge on any atom is -0.395 e. The van der Waals surface area contributed by atoms with Crippen LogP contribution < -0.4 is 0 Å². The highest BCUT2D eigenvalue weighted by atomic mass is 32.2. The number of aromatic nitrogens is 2. The zero-order valence-corrected chi connectivity index (χ0v) is 17.8. The summed E-state index contributed by atoms with van der Waals surface area (Å²) >= 11 is 1.51. The standard InChI is InChI=1S/C20H29N3O3S2/c24-13-12-23(17-9-2-1-3-10-17)28(25,26)19-15-22(16-7-4-5-8-16)21-20(19)18-11-6-14-27-18/h6,11,14-17,24H,1-5,7-10,12-13H2. The number of hydrogen-bond acceptors (Lipinski definition) is 5. The Bertz CT molecular complexity index is 865. The van der Waals surface area contributed by atoms with E-state index in [9.17, 15) is 13.5 Å². The van der Waals surface area contributed by atoms with Gasteiger partial charge in [-0.2, -0.15) is 9.40 Å². The molecule has 0 unspecified atom stereocenters. The van der Waals surface area contributed by atoms with E-state index in [1.54, 1.807) is 10.5 Å². The SMILES string of the molecule is O=S(=O)(c1cn(C2CCCC2)nc1-c1cccs1)N(CCO)C1CCCCC1. The quantitative estimate of drug-likeness (QED) is 0.729. The molecule has 2 aliphatic rings. The maximum Gasteiger partial charge on any atom is 0.247 e. The molecule has 0 aromatic carbocycles. The smallest absolute Gasteiger partial charge is 0.247 e. The van der Waals surface area contributed by atoms with Crippen LogP contribution in [0.15, 0.2) is 28.6 Å². The summed E-state index contributed by atoms with van der Waals surface area (Å²) in [7, 11) is -3.73. The van der Waals surface area contributed by atoms with E-state index in [2.05, 4.69) is 0 Å². The third-order valence-corrected chi connectivity index (χ3v) is 8.87. The van der Waals surface area contributed by atoms with Crippen molar-refractivity contribution < 1.29 is 13.5 Å². The molecule has 2 aliphatic carbocycles. The molecular formula is C20H29N3O3S2. The molecule has 0 bridgehead atoms. The summed E-state index contributed by atoms with van der Waals surface area (Å²) in [6.07, 6.45) is 11.1. The fraction of sp³-hybridized carbons (Fsp3) is 0.650. The number of rotatable bonds is 7. The zero-order chi connectivity index (χ0) is 19.6. The molecule has 6 nitrogen and oxygen atoms in total. The summed E-state index contributed by atoms with van der Waals surface area (Å²) in [6, 6.07) is 4.11. The molecule has 8 heteroatoms. The average Bonchev–Trinajstić information content (AvgIpc) is 3.47. The summed E-state index contributed by atoms with van der Waals surface area (Å²) in [5.41, 5.74) is 0.556. The fourth-order valence-electron chi connectivity index (χ4n) is 4.60. The Labute approximate surface area is 171 Å². The molecule has 1 N–H and O–H groups in total. The number of thiophene rings is 1. The van der Waals surface area contributed by atoms with E-state index >= 15 is 0 Å². The number of sulfonamides is 1. The van der Waals surface area contributed by atoms with Crippen molar-refractivity contribution in [3.05, 3.63) is 23.7 Å². The van der Waals surface area contributed by atoms with E-state index in [1.807, 2.05) is 22.2 Å². The largest absolute Gasteiger partial charge is 0.395 e. The molecule has 0 spiro atoms. The van der Waals surface area contributed by atoms with Gasteiger partial charge in [-0.3, -0.25) is 4.68 Å². The maximum atomic E-state index is 13.7. The van der Waals surface area contributed by atoms with Crippen molar-refractivity contribution in [1.29, 1.82) is 0 Å². The average molecular weight is 424 g/mol. The number of aliphatic hydroxyl groups excluding tert-OH is 1. The molecular weight excluding hydrogens is 394 g/mol. The van der Waals surface area contributed by atoms with E-state index in [1.165, 1.54) is 24.2 Å². The van der Waals surface area contributed by atoms with E-state index in [0.29, 0.717) is 10.6 Å². The Morgan fingerprint density at radius 1 is 1.14 bits per heavy atom. The van der Waals surface area contributed by atoms with Crippen LogP contribution in [0.5, 0.6) is 0 Å². The van der Waals surface area contributed by atoms with Gasteiger partial charge in [-0.25, -0.2) is 8.42 Å². The second kappa shape index (κ2) is 8.65. The summed E-state index contributed by atoms with van der Waals surface area (Å²) in [5, 5.41) is 16.3. The van der Waals surface area contributed by atoms with Crippen LogP contribution in [0, 0.1) is 0 Å². The zero-order valence-electron chi connectivity index (χ0n) is 16.2. The highest BCUT2D eigenvalue weighted by molar-refractivity contribution is 7.89. The lowest BCUT2D eigenvalue weighted by atomic mass is 9.95. The summed E-state index contributed by atoms with van der Waals surface area (Å²) in [5.74, 6) is 0. The third kappa shape index (κ3) is 3.92. The van der Waals surface area contributed by atoms with Crippen molar-refractivity contribution in [1.82, 2.24) is 14.1 Å². The van der Waals surface area contributed by atoms with Gasteiger partial charge in [0.15, 0.2) is 0 Å². The van der Waals surface area contributed by atoms with Crippen LogP contribution in [0.25, 0.3) is 10.6 Å². The van der Waals surface area contributed by atoms with E-state index in [-0.39, 0.29) is 25.2 Å². The van der Waals surface area contributed by atoms with Gasteiger partial charge in [0.05, 0.1) is 17.5 Å². The molecule has 28 heavy (non-hydrogen) atoms. The predicted octanol–water partition coefficient (Wildman–Crippen LogP) is 4.04. The number of hydrogen-bond donors (Lipinski definition) is 1. The lowest BCUT2D eigenvalue weighted by Crippen LogP contribution is -2.43. The Balaban J connectivity index is 1.76. The first-order valence-electron chi connectivity index (χ1n) is 10.4. The monoisotopic (exact) mass is 423 g/mol. The first-order valence-corrected chi connectivity index (χ1v) is 12.7. The normalized spacial score (nSPS) is 19.6. The fourth-order valence-corrected chi connectivity index (χ4v) is 7.20. The van der Waals surface area contributed by atoms with Gasteiger partial charge < -0.3 is 5.11 Å². The first kappa shape index (κ1) is 20.1. The third-order valence-electron chi connectivity index (χ3n) is 6.04. The van der Waals surface area contributed by atoms with Crippen LogP contribution in [-0.4, -0.2) is 46.8 Å². The minimum atomic E-state index is -3.73. The Kier molecular flexibility index (Phi) is 6.20. The van der Waals surface area contributed by atoms with E-state index in [0.717, 1.165) is 49.8 Å². The molecule has 2 saturated carbocycles. The molecule has 0 radical (unpaired) electrons. The van der Waals surface area contributed by atoms with Gasteiger partial charge in [0.2, 0.25) is 10.0 Å². The van der Waals surface area contributed by atoms with Gasteiger partial charge in [0.1, 0.15) is 10.6 Å². The van der Waals surface area contributed by atoms with Crippen LogP contribution in [-0.2, 0) is 10.0 Å². The minimum absolute atomic E-state index is 0.0306. The maximum absolute atomic E-state index is 13.7. The highest BCUT2D eigenvalue weighted by Crippen LogP contribution is 2.37. The molecule has 2 aromatic heterocycles. The Morgan fingerprint density at radius 2 is 1.86 bits per heavy atom. The predicted molar refractivity (Wildman–Crippen MR) is 111 cm³/mol. The van der Waals surface area contributed by atoms with Crippen molar-refractivity contribution in [2.45, 2.75) is 74.8 Å². The summed E-state index contributed by atoms with van der Waals surface area (Å²) in [4.78, 5) is 1.17. The van der Waals surface area contributed by atoms with Gasteiger partial charge in [0.25, 0.3) is 0 Å². The van der Waals surface area contributed by atoms with Crippen LogP contribution in [0.4, 0.5) is 0 Å². The summed E-state index contributed by atoms with van der Waals surface area (Å²) in [6.45, 7) is -0.0215. The van der Waals surface area contributed by atoms with E-state index in [4.69, 9.17) is 5.10 Å². The molecule has 4 rings (SSSR count). The lowest BCUT2D eigenvalue weighted by molar-refractivity contribution is 0.199. The molecule has 0 saturated heterocycles. The van der Waals surface area contributed by atoms with Gasteiger partial charge in [-0.15, -0.1) is 11.3 Å². The molecule has 2 fully saturated rings.